The second-order valence-corrected chi connectivity index (χ2v) is 6.35. The molecule has 2 rings (SSSR count). The zero-order valence-corrected chi connectivity index (χ0v) is 13.5. The number of anilines is 1. The SMILES string of the molecule is CC(C)C(N)CCN(C)C(=O)C1CC(=O)Nc2ccccc21. The first-order chi connectivity index (χ1) is 10.4. The van der Waals surface area contributed by atoms with Crippen LogP contribution in [0.1, 0.15) is 38.2 Å². The van der Waals surface area contributed by atoms with Crippen molar-refractivity contribution in [3.05, 3.63) is 29.8 Å². The first-order valence-corrected chi connectivity index (χ1v) is 7.79. The van der Waals surface area contributed by atoms with Crippen LogP contribution in [0, 0.1) is 5.92 Å². The Hall–Kier alpha value is -1.88. The third-order valence-corrected chi connectivity index (χ3v) is 4.33. The molecule has 1 aromatic rings. The maximum Gasteiger partial charge on any atom is 0.230 e. The topological polar surface area (TPSA) is 75.4 Å². The molecule has 0 aromatic heterocycles. The van der Waals surface area contributed by atoms with Gasteiger partial charge in [0.05, 0.1) is 5.92 Å². The first kappa shape index (κ1) is 16.5. The molecule has 2 atom stereocenters. The number of carbonyl (C=O) groups excluding carboxylic acids is 2. The number of fused-ring (bicyclic) bond motifs is 1. The maximum absolute atomic E-state index is 12.7. The van der Waals surface area contributed by atoms with Crippen LogP contribution in [0.2, 0.25) is 0 Å². The van der Waals surface area contributed by atoms with Gasteiger partial charge in [0.1, 0.15) is 0 Å². The van der Waals surface area contributed by atoms with E-state index < -0.39 is 5.92 Å². The highest BCUT2D eigenvalue weighted by atomic mass is 16.2. The summed E-state index contributed by atoms with van der Waals surface area (Å²) in [6.07, 6.45) is 0.969. The first-order valence-electron chi connectivity index (χ1n) is 7.79. The minimum atomic E-state index is -0.398. The van der Waals surface area contributed by atoms with E-state index in [1.807, 2.05) is 24.3 Å². The fourth-order valence-corrected chi connectivity index (χ4v) is 2.68. The molecule has 0 saturated heterocycles. The summed E-state index contributed by atoms with van der Waals surface area (Å²) in [6, 6.07) is 7.58. The van der Waals surface area contributed by atoms with Crippen LogP contribution in [-0.2, 0) is 9.59 Å². The van der Waals surface area contributed by atoms with E-state index in [0.717, 1.165) is 17.7 Å². The van der Waals surface area contributed by atoms with Gasteiger partial charge in [-0.25, -0.2) is 0 Å². The van der Waals surface area contributed by atoms with Crippen molar-refractivity contribution in [3.8, 4) is 0 Å². The lowest BCUT2D eigenvalue weighted by molar-refractivity contribution is -0.133. The molecule has 0 saturated carbocycles. The molecule has 22 heavy (non-hydrogen) atoms. The van der Waals surface area contributed by atoms with Crippen LogP contribution in [0.5, 0.6) is 0 Å². The Labute approximate surface area is 131 Å². The molecule has 1 heterocycles. The quantitative estimate of drug-likeness (QED) is 0.873. The van der Waals surface area contributed by atoms with Gasteiger partial charge in [0, 0.05) is 31.7 Å². The molecule has 0 aliphatic carbocycles. The molecule has 0 bridgehead atoms. The number of amides is 2. The second-order valence-electron chi connectivity index (χ2n) is 6.35. The standard InChI is InChI=1S/C17H25N3O2/c1-11(2)14(18)8-9-20(3)17(22)13-10-16(21)19-15-7-5-4-6-12(13)15/h4-7,11,13-14H,8-10,18H2,1-3H3,(H,19,21). The van der Waals surface area contributed by atoms with Crippen LogP contribution in [0.3, 0.4) is 0 Å². The van der Waals surface area contributed by atoms with Gasteiger partial charge in [0.25, 0.3) is 0 Å². The number of carbonyl (C=O) groups is 2. The van der Waals surface area contributed by atoms with Crippen molar-refractivity contribution in [1.82, 2.24) is 4.90 Å². The Balaban J connectivity index is 2.07. The molecule has 120 valence electrons. The maximum atomic E-state index is 12.7. The van der Waals surface area contributed by atoms with E-state index in [1.54, 1.807) is 11.9 Å². The molecule has 2 unspecified atom stereocenters. The average Bonchev–Trinajstić information content (AvgIpc) is 2.50. The van der Waals surface area contributed by atoms with E-state index in [2.05, 4.69) is 19.2 Å². The van der Waals surface area contributed by atoms with E-state index in [4.69, 9.17) is 5.73 Å². The van der Waals surface area contributed by atoms with Crippen LogP contribution >= 0.6 is 0 Å². The minimum Gasteiger partial charge on any atom is -0.345 e. The molecule has 0 spiro atoms. The Morgan fingerprint density at radius 3 is 2.77 bits per heavy atom. The molecule has 5 heteroatoms. The predicted octanol–water partition coefficient (Wildman–Crippen LogP) is 1.94. The van der Waals surface area contributed by atoms with Crippen molar-refractivity contribution in [3.63, 3.8) is 0 Å². The smallest absolute Gasteiger partial charge is 0.230 e. The predicted molar refractivity (Wildman–Crippen MR) is 87.5 cm³/mol. The van der Waals surface area contributed by atoms with Gasteiger partial charge in [-0.3, -0.25) is 9.59 Å². The molecule has 5 nitrogen and oxygen atoms in total. The number of para-hydroxylation sites is 1. The highest BCUT2D eigenvalue weighted by Crippen LogP contribution is 2.33. The van der Waals surface area contributed by atoms with E-state index in [1.165, 1.54) is 0 Å². The number of nitrogens with one attached hydrogen (secondary N) is 1. The normalized spacial score (nSPS) is 18.6. The number of benzene rings is 1. The number of rotatable bonds is 5. The minimum absolute atomic E-state index is 0.0155. The zero-order valence-electron chi connectivity index (χ0n) is 13.5. The van der Waals surface area contributed by atoms with Gasteiger partial charge >= 0.3 is 0 Å². The molecular weight excluding hydrogens is 278 g/mol. The van der Waals surface area contributed by atoms with Crippen LogP contribution in [0.25, 0.3) is 0 Å². The van der Waals surface area contributed by atoms with Gasteiger partial charge in [-0.2, -0.15) is 0 Å². The largest absolute Gasteiger partial charge is 0.345 e. The lowest BCUT2D eigenvalue weighted by atomic mass is 9.89. The van der Waals surface area contributed by atoms with Crippen molar-refractivity contribution in [2.45, 2.75) is 38.6 Å². The van der Waals surface area contributed by atoms with Crippen molar-refractivity contribution in [2.75, 3.05) is 18.9 Å². The summed E-state index contributed by atoms with van der Waals surface area (Å²) in [7, 11) is 1.78. The van der Waals surface area contributed by atoms with Crippen molar-refractivity contribution in [2.24, 2.45) is 11.7 Å². The molecule has 1 aromatic carbocycles. The van der Waals surface area contributed by atoms with Gasteiger partial charge < -0.3 is 16.0 Å². The summed E-state index contributed by atoms with van der Waals surface area (Å²) < 4.78 is 0. The van der Waals surface area contributed by atoms with Crippen molar-refractivity contribution < 1.29 is 9.59 Å². The van der Waals surface area contributed by atoms with E-state index in [0.29, 0.717) is 12.5 Å². The summed E-state index contributed by atoms with van der Waals surface area (Å²) in [6.45, 7) is 4.76. The Bertz CT molecular complexity index is 557. The van der Waals surface area contributed by atoms with Gasteiger partial charge in [0.15, 0.2) is 0 Å². The van der Waals surface area contributed by atoms with Crippen LogP contribution in [-0.4, -0.2) is 36.3 Å². The molecule has 1 aliphatic rings. The lowest BCUT2D eigenvalue weighted by Gasteiger charge is -2.29. The summed E-state index contributed by atoms with van der Waals surface area (Å²) in [5.74, 6) is -0.127. The Kier molecular flexibility index (Phi) is 5.19. The van der Waals surface area contributed by atoms with Crippen molar-refractivity contribution in [1.29, 1.82) is 0 Å². The number of hydrogen-bond donors (Lipinski definition) is 2. The summed E-state index contributed by atoms with van der Waals surface area (Å²) >= 11 is 0. The summed E-state index contributed by atoms with van der Waals surface area (Å²) in [4.78, 5) is 26.2. The van der Waals surface area contributed by atoms with E-state index >= 15 is 0 Å². The molecule has 0 radical (unpaired) electrons. The third-order valence-electron chi connectivity index (χ3n) is 4.33. The van der Waals surface area contributed by atoms with Crippen LogP contribution in [0.4, 0.5) is 5.69 Å². The highest BCUT2D eigenvalue weighted by Gasteiger charge is 2.32. The lowest BCUT2D eigenvalue weighted by Crippen LogP contribution is -2.39. The Morgan fingerprint density at radius 1 is 1.41 bits per heavy atom. The number of nitrogens with zero attached hydrogens (tertiary/aromatic N) is 1. The van der Waals surface area contributed by atoms with Crippen LogP contribution in [0.15, 0.2) is 24.3 Å². The zero-order chi connectivity index (χ0) is 16.3. The molecule has 1 aliphatic heterocycles. The molecule has 0 fully saturated rings. The van der Waals surface area contributed by atoms with Crippen LogP contribution < -0.4 is 11.1 Å². The monoisotopic (exact) mass is 303 g/mol. The fourth-order valence-electron chi connectivity index (χ4n) is 2.68. The van der Waals surface area contributed by atoms with Crippen molar-refractivity contribution >= 4 is 17.5 Å². The number of hydrogen-bond acceptors (Lipinski definition) is 3. The Morgan fingerprint density at radius 2 is 2.09 bits per heavy atom. The van der Waals surface area contributed by atoms with E-state index in [9.17, 15) is 9.59 Å². The number of likely N-dealkylation sites (N-methyl/N-ethyl adjacent to an activating group) is 1. The van der Waals surface area contributed by atoms with Gasteiger partial charge in [-0.1, -0.05) is 32.0 Å². The highest BCUT2D eigenvalue weighted by molar-refractivity contribution is 6.01. The van der Waals surface area contributed by atoms with Gasteiger partial charge in [-0.15, -0.1) is 0 Å². The van der Waals surface area contributed by atoms with E-state index in [-0.39, 0.29) is 24.3 Å². The second kappa shape index (κ2) is 6.92. The summed E-state index contributed by atoms with van der Waals surface area (Å²) in [5.41, 5.74) is 7.68. The molecular formula is C17H25N3O2. The third kappa shape index (κ3) is 3.65. The van der Waals surface area contributed by atoms with Gasteiger partial charge in [-0.05, 0) is 24.0 Å². The molecule has 2 amide bonds. The number of nitrogens with two attached hydrogens (primary N) is 1. The fraction of sp³-hybridized carbons (Fsp3) is 0.529. The molecule has 3 N–H and O–H groups in total. The average molecular weight is 303 g/mol. The van der Waals surface area contributed by atoms with Gasteiger partial charge in [0.2, 0.25) is 11.8 Å². The summed E-state index contributed by atoms with van der Waals surface area (Å²) in [5, 5.41) is 2.82.